The summed E-state index contributed by atoms with van der Waals surface area (Å²) < 4.78 is 35.2. The van der Waals surface area contributed by atoms with Crippen molar-refractivity contribution >= 4 is 32.7 Å². The maximum absolute atomic E-state index is 11.9. The summed E-state index contributed by atoms with van der Waals surface area (Å²) in [5, 5.41) is 0. The Morgan fingerprint density at radius 1 is 1.39 bits per heavy atom. The molecule has 0 aromatic heterocycles. The topological polar surface area (TPSA) is 52.6 Å². The van der Waals surface area contributed by atoms with E-state index < -0.39 is 10.1 Å². The molecule has 1 aromatic rings. The Balaban J connectivity index is 1.98. The fourth-order valence-corrected chi connectivity index (χ4v) is 3.56. The number of halogens is 1. The number of ether oxygens (including phenoxy) is 1. The molecular weight excluding hydrogens is 367 g/mol. The summed E-state index contributed by atoms with van der Waals surface area (Å²) in [5.74, 6) is 0.288. The van der Waals surface area contributed by atoms with Gasteiger partial charge in [0.05, 0.1) is 6.10 Å². The van der Waals surface area contributed by atoms with Gasteiger partial charge in [-0.15, -0.1) is 0 Å². The Morgan fingerprint density at radius 2 is 2.22 bits per heavy atom. The van der Waals surface area contributed by atoms with Crippen LogP contribution >= 0.6 is 22.6 Å². The number of rotatable bonds is 4. The van der Waals surface area contributed by atoms with E-state index in [0.29, 0.717) is 12.4 Å². The maximum Gasteiger partial charge on any atom is 0.311 e. The number of benzene rings is 1. The first-order chi connectivity index (χ1) is 8.55. The highest BCUT2D eigenvalue weighted by atomic mass is 127. The van der Waals surface area contributed by atoms with E-state index in [1.165, 1.54) is 0 Å². The molecule has 1 atom stereocenters. The highest BCUT2D eigenvalue weighted by Crippen LogP contribution is 2.19. The van der Waals surface area contributed by atoms with Crippen LogP contribution in [0.2, 0.25) is 0 Å². The van der Waals surface area contributed by atoms with Gasteiger partial charge in [0.2, 0.25) is 0 Å². The lowest BCUT2D eigenvalue weighted by Crippen LogP contribution is -2.29. The molecule has 18 heavy (non-hydrogen) atoms. The van der Waals surface area contributed by atoms with E-state index >= 15 is 0 Å². The number of hydrogen-bond donors (Lipinski definition) is 0. The highest BCUT2D eigenvalue weighted by molar-refractivity contribution is 14.1. The van der Waals surface area contributed by atoms with Gasteiger partial charge in [-0.3, -0.25) is 0 Å². The molecule has 1 aliphatic rings. The smallest absolute Gasteiger partial charge is 0.311 e. The third-order valence-corrected chi connectivity index (χ3v) is 4.58. The lowest BCUT2D eigenvalue weighted by Gasteiger charge is -2.22. The van der Waals surface area contributed by atoms with E-state index in [4.69, 9.17) is 8.92 Å². The molecule has 0 N–H and O–H groups in total. The molecule has 100 valence electrons. The second-order valence-corrected chi connectivity index (χ2v) is 7.11. The van der Waals surface area contributed by atoms with Gasteiger partial charge in [0.1, 0.15) is 11.5 Å². The molecule has 1 saturated heterocycles. The molecule has 1 aromatic carbocycles. The van der Waals surface area contributed by atoms with Gasteiger partial charge in [0.15, 0.2) is 0 Å². The Labute approximate surface area is 121 Å². The normalized spacial score (nSPS) is 20.6. The summed E-state index contributed by atoms with van der Waals surface area (Å²) in [6.07, 6.45) is 2.58. The average molecular weight is 382 g/mol. The summed E-state index contributed by atoms with van der Waals surface area (Å²) in [4.78, 5) is 0. The minimum atomic E-state index is -3.58. The van der Waals surface area contributed by atoms with Crippen LogP contribution in [0.4, 0.5) is 0 Å². The van der Waals surface area contributed by atoms with Gasteiger partial charge in [-0.05, 0) is 60.1 Å². The molecule has 1 heterocycles. The quantitative estimate of drug-likeness (QED) is 0.594. The molecule has 1 aliphatic heterocycles. The Morgan fingerprint density at radius 3 is 2.89 bits per heavy atom. The lowest BCUT2D eigenvalue weighted by atomic mass is 10.1. The van der Waals surface area contributed by atoms with Crippen molar-refractivity contribution in [2.75, 3.05) is 12.4 Å². The Hall–Kier alpha value is -0.340. The van der Waals surface area contributed by atoms with Crippen LogP contribution in [0.3, 0.4) is 0 Å². The van der Waals surface area contributed by atoms with E-state index in [2.05, 4.69) is 22.6 Å². The third-order valence-electron chi connectivity index (χ3n) is 2.68. The molecule has 0 bridgehead atoms. The van der Waals surface area contributed by atoms with Crippen molar-refractivity contribution in [1.29, 1.82) is 0 Å². The van der Waals surface area contributed by atoms with Gasteiger partial charge in [0, 0.05) is 10.2 Å². The summed E-state index contributed by atoms with van der Waals surface area (Å²) in [6, 6.07) is 6.98. The Bertz CT molecular complexity index is 495. The van der Waals surface area contributed by atoms with Crippen LogP contribution in [0.15, 0.2) is 24.3 Å². The SMILES string of the molecule is O=S(=O)(CC1CCCCO1)Oc1cccc(I)c1. The molecule has 0 radical (unpaired) electrons. The fraction of sp³-hybridized carbons (Fsp3) is 0.500. The minimum absolute atomic E-state index is 0.0710. The zero-order valence-electron chi connectivity index (χ0n) is 9.84. The van der Waals surface area contributed by atoms with Gasteiger partial charge in [-0.1, -0.05) is 6.07 Å². The van der Waals surface area contributed by atoms with E-state index in [-0.39, 0.29) is 11.9 Å². The molecule has 0 amide bonds. The van der Waals surface area contributed by atoms with Crippen LogP contribution in [0.5, 0.6) is 5.75 Å². The van der Waals surface area contributed by atoms with Crippen LogP contribution in [-0.4, -0.2) is 26.9 Å². The van der Waals surface area contributed by atoms with E-state index in [9.17, 15) is 8.42 Å². The summed E-state index contributed by atoms with van der Waals surface area (Å²) in [7, 11) is -3.58. The predicted octanol–water partition coefficient (Wildman–Crippen LogP) is 2.57. The van der Waals surface area contributed by atoms with Gasteiger partial charge in [0.25, 0.3) is 0 Å². The van der Waals surface area contributed by atoms with E-state index in [1.807, 2.05) is 6.07 Å². The second-order valence-electron chi connectivity index (χ2n) is 4.25. The lowest BCUT2D eigenvalue weighted by molar-refractivity contribution is 0.0298. The zero-order chi connectivity index (χ0) is 13.0. The van der Waals surface area contributed by atoms with Crippen molar-refractivity contribution in [3.8, 4) is 5.75 Å². The molecule has 2 rings (SSSR count). The van der Waals surface area contributed by atoms with Crippen molar-refractivity contribution in [1.82, 2.24) is 0 Å². The van der Waals surface area contributed by atoms with Crippen LogP contribution in [0.25, 0.3) is 0 Å². The first kappa shape index (κ1) is 14.1. The first-order valence-electron chi connectivity index (χ1n) is 5.84. The molecule has 0 aliphatic carbocycles. The monoisotopic (exact) mass is 382 g/mol. The standard InChI is InChI=1S/C12H15IO4S/c13-10-4-3-6-11(8-10)17-18(14,15)9-12-5-1-2-7-16-12/h3-4,6,8,12H,1-2,5,7,9H2. The van der Waals surface area contributed by atoms with Crippen molar-refractivity contribution in [3.05, 3.63) is 27.8 Å². The van der Waals surface area contributed by atoms with Gasteiger partial charge in [-0.25, -0.2) is 0 Å². The van der Waals surface area contributed by atoms with Crippen LogP contribution in [0, 0.1) is 3.57 Å². The summed E-state index contributed by atoms with van der Waals surface area (Å²) in [6.45, 7) is 0.642. The summed E-state index contributed by atoms with van der Waals surface area (Å²) in [5.41, 5.74) is 0. The van der Waals surface area contributed by atoms with E-state index in [0.717, 1.165) is 22.8 Å². The average Bonchev–Trinajstić information content (AvgIpc) is 2.28. The Kier molecular flexibility index (Phi) is 4.85. The number of hydrogen-bond acceptors (Lipinski definition) is 4. The molecule has 0 spiro atoms. The third kappa shape index (κ3) is 4.40. The van der Waals surface area contributed by atoms with Gasteiger partial charge in [-0.2, -0.15) is 8.42 Å². The second kappa shape index (κ2) is 6.21. The molecule has 0 saturated carbocycles. The molecule has 1 unspecified atom stereocenters. The molecule has 1 fully saturated rings. The zero-order valence-corrected chi connectivity index (χ0v) is 12.8. The first-order valence-corrected chi connectivity index (χ1v) is 8.50. The van der Waals surface area contributed by atoms with Gasteiger partial charge < -0.3 is 8.92 Å². The van der Waals surface area contributed by atoms with Crippen molar-refractivity contribution in [2.24, 2.45) is 0 Å². The van der Waals surface area contributed by atoms with Crippen molar-refractivity contribution in [2.45, 2.75) is 25.4 Å². The molecular formula is C12H15IO4S. The molecule has 6 heteroatoms. The van der Waals surface area contributed by atoms with Crippen LogP contribution in [0.1, 0.15) is 19.3 Å². The van der Waals surface area contributed by atoms with Crippen LogP contribution < -0.4 is 4.18 Å². The van der Waals surface area contributed by atoms with E-state index in [1.54, 1.807) is 18.2 Å². The van der Waals surface area contributed by atoms with Crippen LogP contribution in [-0.2, 0) is 14.9 Å². The maximum atomic E-state index is 11.9. The minimum Gasteiger partial charge on any atom is -0.382 e. The predicted molar refractivity (Wildman–Crippen MR) is 77.2 cm³/mol. The fourth-order valence-electron chi connectivity index (χ4n) is 1.87. The van der Waals surface area contributed by atoms with Crippen molar-refractivity contribution < 1.29 is 17.3 Å². The van der Waals surface area contributed by atoms with Gasteiger partial charge >= 0.3 is 10.1 Å². The summed E-state index contributed by atoms with van der Waals surface area (Å²) >= 11 is 2.11. The largest absolute Gasteiger partial charge is 0.382 e. The van der Waals surface area contributed by atoms with Crippen molar-refractivity contribution in [3.63, 3.8) is 0 Å². The molecule has 4 nitrogen and oxygen atoms in total. The highest BCUT2D eigenvalue weighted by Gasteiger charge is 2.23.